The Morgan fingerprint density at radius 3 is 2.21 bits per heavy atom. The van der Waals surface area contributed by atoms with Crippen LogP contribution >= 0.6 is 31.9 Å². The molecule has 0 nitrogen and oxygen atoms in total. The molecule has 2 aromatic carbocycles. The molecule has 0 radical (unpaired) electrons. The van der Waals surface area contributed by atoms with E-state index in [1.54, 1.807) is 18.2 Å². The van der Waals surface area contributed by atoms with Crippen LogP contribution in [0.3, 0.4) is 0 Å². The van der Waals surface area contributed by atoms with Gasteiger partial charge in [-0.2, -0.15) is 0 Å². The molecule has 0 heterocycles. The fraction of sp³-hybridized carbons (Fsp3) is 0.200. The zero-order chi connectivity index (χ0) is 13.8. The van der Waals surface area contributed by atoms with Crippen molar-refractivity contribution in [1.82, 2.24) is 0 Å². The zero-order valence-corrected chi connectivity index (χ0v) is 13.2. The van der Waals surface area contributed by atoms with Crippen molar-refractivity contribution in [1.29, 1.82) is 0 Å². The lowest BCUT2D eigenvalue weighted by Crippen LogP contribution is -2.05. The van der Waals surface area contributed by atoms with Crippen LogP contribution in [-0.4, -0.2) is 5.33 Å². The van der Waals surface area contributed by atoms with E-state index in [0.29, 0.717) is 6.42 Å². The topological polar surface area (TPSA) is 0 Å². The van der Waals surface area contributed by atoms with Crippen LogP contribution in [0.1, 0.15) is 17.0 Å². The van der Waals surface area contributed by atoms with Crippen LogP contribution in [0.2, 0.25) is 0 Å². The van der Waals surface area contributed by atoms with E-state index in [4.69, 9.17) is 0 Å². The number of benzene rings is 2. The van der Waals surface area contributed by atoms with Gasteiger partial charge in [-0.15, -0.1) is 0 Å². The zero-order valence-electron chi connectivity index (χ0n) is 10.0. The van der Waals surface area contributed by atoms with Crippen LogP contribution in [-0.2, 0) is 6.42 Å². The molecule has 0 aliphatic carbocycles. The maximum Gasteiger partial charge on any atom is 0.123 e. The second kappa shape index (κ2) is 6.62. The molecule has 19 heavy (non-hydrogen) atoms. The Balaban J connectivity index is 2.23. The fourth-order valence-corrected chi connectivity index (χ4v) is 2.97. The summed E-state index contributed by atoms with van der Waals surface area (Å²) in [5, 5.41) is 0.738. The Morgan fingerprint density at radius 2 is 1.58 bits per heavy atom. The van der Waals surface area contributed by atoms with Crippen LogP contribution in [0.15, 0.2) is 46.9 Å². The van der Waals surface area contributed by atoms with Gasteiger partial charge in [0, 0.05) is 9.80 Å². The van der Waals surface area contributed by atoms with E-state index in [1.165, 1.54) is 24.3 Å². The lowest BCUT2D eigenvalue weighted by Gasteiger charge is -2.15. The minimum absolute atomic E-state index is 0.179. The van der Waals surface area contributed by atoms with Crippen molar-refractivity contribution >= 4 is 31.9 Å². The van der Waals surface area contributed by atoms with Crippen LogP contribution in [0.5, 0.6) is 0 Å². The van der Waals surface area contributed by atoms with Gasteiger partial charge in [-0.05, 0) is 53.8 Å². The molecule has 0 saturated heterocycles. The third kappa shape index (κ3) is 3.86. The average Bonchev–Trinajstić information content (AvgIpc) is 2.41. The van der Waals surface area contributed by atoms with E-state index in [0.717, 1.165) is 20.9 Å². The third-order valence-electron chi connectivity index (χ3n) is 3.00. The molecule has 2 aromatic rings. The van der Waals surface area contributed by atoms with E-state index in [1.807, 2.05) is 0 Å². The Labute approximate surface area is 128 Å². The van der Waals surface area contributed by atoms with Crippen molar-refractivity contribution in [2.75, 3.05) is 5.33 Å². The Kier molecular flexibility index (Phi) is 5.11. The molecule has 0 saturated carbocycles. The van der Waals surface area contributed by atoms with Crippen molar-refractivity contribution < 1.29 is 8.78 Å². The molecule has 1 atom stereocenters. The minimum Gasteiger partial charge on any atom is -0.207 e. The molecule has 0 aliphatic heterocycles. The molecule has 0 bridgehead atoms. The average molecular weight is 390 g/mol. The summed E-state index contributed by atoms with van der Waals surface area (Å²) in [5.74, 6) is -0.312. The molecule has 0 N–H and O–H groups in total. The Bertz CT molecular complexity index is 553. The number of hydrogen-bond acceptors (Lipinski definition) is 0. The molecule has 0 amide bonds. The quantitative estimate of drug-likeness (QED) is 0.610. The third-order valence-corrected chi connectivity index (χ3v) is 4.56. The Morgan fingerprint density at radius 1 is 0.947 bits per heavy atom. The summed E-state index contributed by atoms with van der Waals surface area (Å²) in [6.45, 7) is 0. The van der Waals surface area contributed by atoms with Gasteiger partial charge in [0.1, 0.15) is 11.6 Å². The van der Waals surface area contributed by atoms with Crippen molar-refractivity contribution in [2.24, 2.45) is 0 Å². The van der Waals surface area contributed by atoms with E-state index >= 15 is 0 Å². The van der Waals surface area contributed by atoms with Gasteiger partial charge < -0.3 is 0 Å². The normalized spacial score (nSPS) is 12.4. The highest BCUT2D eigenvalue weighted by atomic mass is 79.9. The van der Waals surface area contributed by atoms with Gasteiger partial charge in [-0.1, -0.05) is 44.0 Å². The largest absolute Gasteiger partial charge is 0.207 e. The van der Waals surface area contributed by atoms with Gasteiger partial charge in [-0.25, -0.2) is 8.78 Å². The first-order valence-corrected chi connectivity index (χ1v) is 7.77. The highest BCUT2D eigenvalue weighted by Crippen LogP contribution is 2.27. The first-order valence-electron chi connectivity index (χ1n) is 5.85. The van der Waals surface area contributed by atoms with Gasteiger partial charge in [0.25, 0.3) is 0 Å². The summed E-state index contributed by atoms with van der Waals surface area (Å²) in [4.78, 5) is 0. The molecule has 4 heteroatoms. The van der Waals surface area contributed by atoms with Crippen molar-refractivity contribution in [2.45, 2.75) is 12.3 Å². The van der Waals surface area contributed by atoms with Gasteiger partial charge in [0.05, 0.1) is 0 Å². The molecule has 2 rings (SSSR count). The lowest BCUT2D eigenvalue weighted by atomic mass is 9.94. The number of rotatable bonds is 4. The van der Waals surface area contributed by atoms with Crippen molar-refractivity contribution in [3.63, 3.8) is 0 Å². The molecular weight excluding hydrogens is 378 g/mol. The maximum absolute atomic E-state index is 13.3. The van der Waals surface area contributed by atoms with Crippen LogP contribution in [0, 0.1) is 11.6 Å². The van der Waals surface area contributed by atoms with Gasteiger partial charge in [0.15, 0.2) is 0 Å². The second-order valence-corrected chi connectivity index (χ2v) is 5.84. The van der Waals surface area contributed by atoms with Gasteiger partial charge in [0.2, 0.25) is 0 Å². The highest BCUT2D eigenvalue weighted by Gasteiger charge is 2.13. The Hall–Kier alpha value is -0.740. The van der Waals surface area contributed by atoms with Crippen LogP contribution in [0.25, 0.3) is 0 Å². The van der Waals surface area contributed by atoms with Crippen molar-refractivity contribution in [3.8, 4) is 0 Å². The molecule has 0 aliphatic rings. The summed E-state index contributed by atoms with van der Waals surface area (Å²) in [5.41, 5.74) is 1.95. The molecule has 1 unspecified atom stereocenters. The van der Waals surface area contributed by atoms with E-state index in [9.17, 15) is 8.78 Å². The van der Waals surface area contributed by atoms with E-state index in [2.05, 4.69) is 31.9 Å². The number of halogens is 4. The first kappa shape index (κ1) is 14.7. The van der Waals surface area contributed by atoms with Gasteiger partial charge in [-0.3, -0.25) is 0 Å². The lowest BCUT2D eigenvalue weighted by molar-refractivity contribution is 0.621. The summed E-state index contributed by atoms with van der Waals surface area (Å²) >= 11 is 6.90. The van der Waals surface area contributed by atoms with E-state index < -0.39 is 0 Å². The molecule has 0 spiro atoms. The SMILES string of the molecule is Fc1ccc(C(CBr)Cc2cc(F)ccc2Br)cc1. The molecule has 0 fully saturated rings. The van der Waals surface area contributed by atoms with Gasteiger partial charge >= 0.3 is 0 Å². The predicted molar refractivity (Wildman–Crippen MR) is 80.7 cm³/mol. The van der Waals surface area contributed by atoms with E-state index in [-0.39, 0.29) is 17.6 Å². The van der Waals surface area contributed by atoms with Crippen LogP contribution in [0.4, 0.5) is 8.78 Å². The number of hydrogen-bond donors (Lipinski definition) is 0. The molecular formula is C15H12Br2F2. The fourth-order valence-electron chi connectivity index (χ4n) is 1.96. The second-order valence-electron chi connectivity index (χ2n) is 4.34. The summed E-state index contributed by atoms with van der Waals surface area (Å²) < 4.78 is 27.1. The summed E-state index contributed by atoms with van der Waals surface area (Å²) in [7, 11) is 0. The minimum atomic E-state index is -0.246. The first-order chi connectivity index (χ1) is 9.10. The predicted octanol–water partition coefficient (Wildman–Crippen LogP) is 5.45. The molecule has 100 valence electrons. The van der Waals surface area contributed by atoms with Crippen LogP contribution < -0.4 is 0 Å². The maximum atomic E-state index is 13.3. The monoisotopic (exact) mass is 388 g/mol. The molecule has 0 aromatic heterocycles. The smallest absolute Gasteiger partial charge is 0.123 e. The summed E-state index contributed by atoms with van der Waals surface area (Å²) in [6.07, 6.45) is 0.690. The van der Waals surface area contributed by atoms with Crippen molar-refractivity contribution in [3.05, 3.63) is 69.7 Å². The highest BCUT2D eigenvalue weighted by molar-refractivity contribution is 9.10. The summed E-state index contributed by atoms with van der Waals surface area (Å²) in [6, 6.07) is 11.1. The number of alkyl halides is 1. The standard InChI is InChI=1S/C15H12Br2F2/c16-9-12(10-1-3-13(18)4-2-10)7-11-8-14(19)5-6-15(11)17/h1-6,8,12H,7,9H2.